The minimum absolute atomic E-state index is 0.292. The predicted molar refractivity (Wildman–Crippen MR) is 189 cm³/mol. The maximum atomic E-state index is 10.0. The van der Waals surface area contributed by atoms with E-state index in [0.29, 0.717) is 11.5 Å². The van der Waals surface area contributed by atoms with E-state index in [2.05, 4.69) is 72.8 Å². The summed E-state index contributed by atoms with van der Waals surface area (Å²) in [5.74, 6) is 0.584. The van der Waals surface area contributed by atoms with Crippen molar-refractivity contribution in [3.8, 4) is 33.8 Å². The standard InChI is InChI=1S/C42H30O4/c1-21-9-31(43)10-22(2)41(21)27-7-5-25-15-33-35-19-40-36(20-39(35)45-37(33)17-29(25)13-27)34-16-26-6-8-28(14-30(26)18-38(34)46-40)42-23(3)11-32(44)12-24(42)4/h5-20,43-44H,1-4H3. The van der Waals surface area contributed by atoms with Gasteiger partial charge in [0.15, 0.2) is 0 Å². The molecule has 0 bridgehead atoms. The van der Waals surface area contributed by atoms with Crippen LogP contribution < -0.4 is 0 Å². The van der Waals surface area contributed by atoms with E-state index in [1.54, 1.807) is 0 Å². The quantitative estimate of drug-likeness (QED) is 0.208. The van der Waals surface area contributed by atoms with E-state index < -0.39 is 0 Å². The molecule has 7 aromatic carbocycles. The monoisotopic (exact) mass is 598 g/mol. The van der Waals surface area contributed by atoms with Crippen LogP contribution in [0.25, 0.3) is 87.7 Å². The number of furan rings is 2. The van der Waals surface area contributed by atoms with Crippen LogP contribution in [0.2, 0.25) is 0 Å². The molecular weight excluding hydrogens is 568 g/mol. The number of phenolic OH excluding ortho intramolecular Hbond substituents is 2. The summed E-state index contributed by atoms with van der Waals surface area (Å²) in [5, 5.41) is 28.7. The first-order valence-electron chi connectivity index (χ1n) is 15.5. The van der Waals surface area contributed by atoms with Crippen LogP contribution in [0.1, 0.15) is 22.3 Å². The number of rotatable bonds is 2. The largest absolute Gasteiger partial charge is 0.508 e. The predicted octanol–water partition coefficient (Wildman–Crippen LogP) is 11.8. The Kier molecular flexibility index (Phi) is 5.44. The summed E-state index contributed by atoms with van der Waals surface area (Å²) >= 11 is 0. The average Bonchev–Trinajstić information content (AvgIpc) is 3.52. The lowest BCUT2D eigenvalue weighted by Crippen LogP contribution is -1.88. The fourth-order valence-electron chi connectivity index (χ4n) is 7.63. The van der Waals surface area contributed by atoms with Crippen molar-refractivity contribution in [2.24, 2.45) is 0 Å². The fourth-order valence-corrected chi connectivity index (χ4v) is 7.63. The fraction of sp³-hybridized carbons (Fsp3) is 0.0952. The van der Waals surface area contributed by atoms with Gasteiger partial charge in [-0.15, -0.1) is 0 Å². The van der Waals surface area contributed by atoms with Crippen LogP contribution in [-0.2, 0) is 0 Å². The van der Waals surface area contributed by atoms with Gasteiger partial charge in [0.25, 0.3) is 0 Å². The second-order valence-corrected chi connectivity index (χ2v) is 12.8. The van der Waals surface area contributed by atoms with E-state index >= 15 is 0 Å². The molecule has 0 saturated heterocycles. The normalized spacial score (nSPS) is 12.1. The van der Waals surface area contributed by atoms with E-state index in [4.69, 9.17) is 8.83 Å². The zero-order valence-electron chi connectivity index (χ0n) is 25.9. The van der Waals surface area contributed by atoms with Gasteiger partial charge in [0.2, 0.25) is 0 Å². The van der Waals surface area contributed by atoms with Crippen molar-refractivity contribution in [2.75, 3.05) is 0 Å². The van der Waals surface area contributed by atoms with Crippen molar-refractivity contribution in [1.29, 1.82) is 0 Å². The third-order valence-corrected chi connectivity index (χ3v) is 9.59. The second kappa shape index (κ2) is 9.38. The average molecular weight is 599 g/mol. The maximum absolute atomic E-state index is 10.0. The number of phenols is 2. The second-order valence-electron chi connectivity index (χ2n) is 12.8. The molecule has 0 aliphatic heterocycles. The molecule has 0 unspecified atom stereocenters. The third-order valence-electron chi connectivity index (χ3n) is 9.59. The van der Waals surface area contributed by atoms with Crippen LogP contribution in [0.5, 0.6) is 11.5 Å². The highest BCUT2D eigenvalue weighted by molar-refractivity contribution is 6.18. The molecule has 0 aliphatic carbocycles. The van der Waals surface area contributed by atoms with Gasteiger partial charge in [-0.25, -0.2) is 0 Å². The Balaban J connectivity index is 1.18. The van der Waals surface area contributed by atoms with Crippen LogP contribution in [0.4, 0.5) is 0 Å². The lowest BCUT2D eigenvalue weighted by Gasteiger charge is -2.12. The van der Waals surface area contributed by atoms with Crippen molar-refractivity contribution >= 4 is 65.4 Å². The SMILES string of the molecule is Cc1cc(O)cc(C)c1-c1ccc2cc3c(cc2c1)oc1cc2c(cc13)oc1cc3cc(-c4c(C)cc(O)cc4C)ccc3cc12. The zero-order chi connectivity index (χ0) is 31.4. The lowest BCUT2D eigenvalue weighted by atomic mass is 9.93. The first kappa shape index (κ1) is 26.6. The summed E-state index contributed by atoms with van der Waals surface area (Å²) in [4.78, 5) is 0. The first-order valence-corrected chi connectivity index (χ1v) is 15.5. The Labute approximate surface area is 264 Å². The van der Waals surface area contributed by atoms with Crippen molar-refractivity contribution < 1.29 is 19.0 Å². The highest BCUT2D eigenvalue weighted by Gasteiger charge is 2.17. The van der Waals surface area contributed by atoms with Crippen LogP contribution in [0.15, 0.2) is 106 Å². The van der Waals surface area contributed by atoms with Gasteiger partial charge in [0.05, 0.1) is 0 Å². The summed E-state index contributed by atoms with van der Waals surface area (Å²) in [7, 11) is 0. The Morgan fingerprint density at radius 3 is 1.11 bits per heavy atom. The van der Waals surface area contributed by atoms with Gasteiger partial charge in [0, 0.05) is 21.5 Å². The lowest BCUT2D eigenvalue weighted by molar-refractivity contribution is 0.474. The molecule has 46 heavy (non-hydrogen) atoms. The van der Waals surface area contributed by atoms with E-state index in [1.807, 2.05) is 52.0 Å². The third kappa shape index (κ3) is 3.93. The van der Waals surface area contributed by atoms with Gasteiger partial charge >= 0.3 is 0 Å². The van der Waals surface area contributed by atoms with E-state index in [-0.39, 0.29) is 0 Å². The van der Waals surface area contributed by atoms with E-state index in [0.717, 1.165) is 110 Å². The van der Waals surface area contributed by atoms with Crippen LogP contribution in [0.3, 0.4) is 0 Å². The topological polar surface area (TPSA) is 66.7 Å². The molecule has 4 heteroatoms. The number of benzene rings is 7. The summed E-state index contributed by atoms with van der Waals surface area (Å²) in [6.07, 6.45) is 0. The molecule has 0 saturated carbocycles. The van der Waals surface area contributed by atoms with Crippen LogP contribution in [0, 0.1) is 27.7 Å². The number of hydrogen-bond donors (Lipinski definition) is 2. The maximum Gasteiger partial charge on any atom is 0.136 e. The van der Waals surface area contributed by atoms with E-state index in [1.165, 1.54) is 0 Å². The Morgan fingerprint density at radius 2 is 0.717 bits per heavy atom. The number of aromatic hydroxyl groups is 2. The summed E-state index contributed by atoms with van der Waals surface area (Å²) in [5.41, 5.74) is 12.1. The van der Waals surface area contributed by atoms with Crippen molar-refractivity contribution in [3.63, 3.8) is 0 Å². The Morgan fingerprint density at radius 1 is 0.370 bits per heavy atom. The van der Waals surface area contributed by atoms with Gasteiger partial charge in [-0.1, -0.05) is 24.3 Å². The smallest absolute Gasteiger partial charge is 0.136 e. The minimum Gasteiger partial charge on any atom is -0.508 e. The molecular formula is C42H30O4. The van der Waals surface area contributed by atoms with Gasteiger partial charge < -0.3 is 19.0 Å². The van der Waals surface area contributed by atoms with Crippen molar-refractivity contribution in [2.45, 2.75) is 27.7 Å². The summed E-state index contributed by atoms with van der Waals surface area (Å²) in [6, 6.07) is 33.2. The molecule has 9 aromatic rings. The molecule has 4 nitrogen and oxygen atoms in total. The summed E-state index contributed by atoms with van der Waals surface area (Å²) in [6.45, 7) is 8.14. The van der Waals surface area contributed by atoms with Crippen LogP contribution in [-0.4, -0.2) is 10.2 Å². The van der Waals surface area contributed by atoms with Gasteiger partial charge in [0.1, 0.15) is 33.8 Å². The van der Waals surface area contributed by atoms with Gasteiger partial charge in [-0.05, 0) is 167 Å². The molecule has 0 radical (unpaired) electrons. The van der Waals surface area contributed by atoms with E-state index in [9.17, 15) is 10.2 Å². The van der Waals surface area contributed by atoms with Gasteiger partial charge in [-0.2, -0.15) is 0 Å². The van der Waals surface area contributed by atoms with Crippen molar-refractivity contribution in [1.82, 2.24) is 0 Å². The molecule has 2 heterocycles. The molecule has 0 spiro atoms. The molecule has 0 amide bonds. The number of aryl methyl sites for hydroxylation is 4. The number of hydrogen-bond acceptors (Lipinski definition) is 4. The highest BCUT2D eigenvalue weighted by atomic mass is 16.3. The first-order chi connectivity index (χ1) is 22.2. The minimum atomic E-state index is 0.292. The van der Waals surface area contributed by atoms with Gasteiger partial charge in [-0.3, -0.25) is 0 Å². The Hall–Kier alpha value is -5.74. The molecule has 2 N–H and O–H groups in total. The Bertz CT molecular complexity index is 2520. The molecule has 2 aromatic heterocycles. The zero-order valence-corrected chi connectivity index (χ0v) is 25.9. The molecule has 0 fully saturated rings. The summed E-state index contributed by atoms with van der Waals surface area (Å²) < 4.78 is 13.0. The molecule has 222 valence electrons. The molecule has 0 aliphatic rings. The molecule has 9 rings (SSSR count). The molecule has 0 atom stereocenters. The van der Waals surface area contributed by atoms with Crippen LogP contribution >= 0.6 is 0 Å². The van der Waals surface area contributed by atoms with Crippen molar-refractivity contribution in [3.05, 3.63) is 119 Å². The number of fused-ring (bicyclic) bond motifs is 8. The highest BCUT2D eigenvalue weighted by Crippen LogP contribution is 2.41.